The standard InChI is InChI=1S/C13H17N5O.ClH/c1-3-12-9(8-18(2)17-12)6-16-13(19)10-7-15-5-4-11(10)14;/h4-5,7-8H,3,6H2,1-2H3,(H2,14,15)(H,16,19);1H. The van der Waals surface area contributed by atoms with Crippen molar-refractivity contribution in [2.24, 2.45) is 7.05 Å². The van der Waals surface area contributed by atoms with Crippen LogP contribution in [0.15, 0.2) is 24.7 Å². The van der Waals surface area contributed by atoms with Crippen molar-refractivity contribution in [2.75, 3.05) is 5.73 Å². The number of hydrogen-bond donors (Lipinski definition) is 2. The Morgan fingerprint density at radius 2 is 2.25 bits per heavy atom. The molecule has 2 rings (SSSR count). The molecule has 1 amide bonds. The van der Waals surface area contributed by atoms with Gasteiger partial charge in [-0.1, -0.05) is 6.92 Å². The van der Waals surface area contributed by atoms with E-state index in [4.69, 9.17) is 5.73 Å². The number of aryl methyl sites for hydroxylation is 2. The first-order valence-electron chi connectivity index (χ1n) is 6.11. The predicted octanol–water partition coefficient (Wildman–Crippen LogP) is 1.31. The molecule has 2 heterocycles. The molecule has 0 saturated heterocycles. The number of halogens is 1. The van der Waals surface area contributed by atoms with Crippen LogP contribution in [0.1, 0.15) is 28.5 Å². The lowest BCUT2D eigenvalue weighted by atomic mass is 10.2. The topological polar surface area (TPSA) is 85.8 Å². The summed E-state index contributed by atoms with van der Waals surface area (Å²) in [7, 11) is 1.86. The number of rotatable bonds is 4. The number of nitrogens with one attached hydrogen (secondary N) is 1. The van der Waals surface area contributed by atoms with E-state index in [-0.39, 0.29) is 18.3 Å². The molecule has 20 heavy (non-hydrogen) atoms. The van der Waals surface area contributed by atoms with E-state index < -0.39 is 0 Å². The molecule has 0 saturated carbocycles. The summed E-state index contributed by atoms with van der Waals surface area (Å²) < 4.78 is 1.75. The second-order valence-corrected chi connectivity index (χ2v) is 4.27. The first-order valence-corrected chi connectivity index (χ1v) is 6.11. The Balaban J connectivity index is 0.00000200. The minimum atomic E-state index is -0.225. The van der Waals surface area contributed by atoms with Crippen LogP contribution in [-0.4, -0.2) is 20.7 Å². The lowest BCUT2D eigenvalue weighted by Gasteiger charge is -2.06. The minimum absolute atomic E-state index is 0. The maximum atomic E-state index is 12.0. The zero-order valence-corrected chi connectivity index (χ0v) is 12.3. The third kappa shape index (κ3) is 3.48. The number of anilines is 1. The SMILES string of the molecule is CCc1nn(C)cc1CNC(=O)c1cnccc1N.Cl. The summed E-state index contributed by atoms with van der Waals surface area (Å²) in [5, 5.41) is 7.16. The van der Waals surface area contributed by atoms with E-state index in [1.165, 1.54) is 6.20 Å². The fourth-order valence-corrected chi connectivity index (χ4v) is 1.89. The maximum Gasteiger partial charge on any atom is 0.255 e. The third-order valence-corrected chi connectivity index (χ3v) is 2.87. The molecular weight excluding hydrogens is 278 g/mol. The molecule has 0 aliphatic carbocycles. The Morgan fingerprint density at radius 1 is 1.50 bits per heavy atom. The molecule has 0 fully saturated rings. The first-order chi connectivity index (χ1) is 9.11. The average molecular weight is 296 g/mol. The summed E-state index contributed by atoms with van der Waals surface area (Å²) in [6.45, 7) is 2.47. The summed E-state index contributed by atoms with van der Waals surface area (Å²) in [6, 6.07) is 1.61. The van der Waals surface area contributed by atoms with Crippen molar-refractivity contribution in [3.05, 3.63) is 41.5 Å². The van der Waals surface area contributed by atoms with Crippen LogP contribution in [0.2, 0.25) is 0 Å². The molecule has 2 aromatic heterocycles. The Bertz CT molecular complexity index is 596. The number of nitrogen functional groups attached to an aromatic ring is 1. The van der Waals surface area contributed by atoms with Gasteiger partial charge in [0.05, 0.1) is 11.3 Å². The number of amides is 1. The van der Waals surface area contributed by atoms with Crippen molar-refractivity contribution in [2.45, 2.75) is 19.9 Å². The fraction of sp³-hybridized carbons (Fsp3) is 0.308. The van der Waals surface area contributed by atoms with Crippen molar-refractivity contribution in [1.82, 2.24) is 20.1 Å². The van der Waals surface area contributed by atoms with Crippen molar-refractivity contribution >= 4 is 24.0 Å². The maximum absolute atomic E-state index is 12.0. The van der Waals surface area contributed by atoms with Gasteiger partial charge in [0.2, 0.25) is 0 Å². The lowest BCUT2D eigenvalue weighted by molar-refractivity contribution is 0.0951. The highest BCUT2D eigenvalue weighted by Crippen LogP contribution is 2.10. The van der Waals surface area contributed by atoms with Gasteiger partial charge in [-0.15, -0.1) is 12.4 Å². The average Bonchev–Trinajstić information content (AvgIpc) is 2.77. The number of carbonyl (C=O) groups excluding carboxylic acids is 1. The Hall–Kier alpha value is -2.08. The second-order valence-electron chi connectivity index (χ2n) is 4.27. The molecule has 0 aliphatic heterocycles. The minimum Gasteiger partial charge on any atom is -0.398 e. The fourth-order valence-electron chi connectivity index (χ4n) is 1.89. The molecular formula is C13H18ClN5O. The summed E-state index contributed by atoms with van der Waals surface area (Å²) in [6.07, 6.45) is 5.77. The zero-order chi connectivity index (χ0) is 13.8. The monoisotopic (exact) mass is 295 g/mol. The van der Waals surface area contributed by atoms with Gasteiger partial charge in [-0.25, -0.2) is 0 Å². The Labute approximate surface area is 123 Å². The number of carbonyl (C=O) groups is 1. The molecule has 0 bridgehead atoms. The molecule has 0 radical (unpaired) electrons. The van der Waals surface area contributed by atoms with Gasteiger partial charge >= 0.3 is 0 Å². The van der Waals surface area contributed by atoms with E-state index in [1.54, 1.807) is 16.9 Å². The van der Waals surface area contributed by atoms with E-state index in [1.807, 2.05) is 20.2 Å². The number of nitrogens with two attached hydrogens (primary N) is 1. The van der Waals surface area contributed by atoms with Crippen molar-refractivity contribution in [1.29, 1.82) is 0 Å². The summed E-state index contributed by atoms with van der Waals surface area (Å²) in [5.41, 5.74) is 8.55. The van der Waals surface area contributed by atoms with Crippen LogP contribution in [0.25, 0.3) is 0 Å². The smallest absolute Gasteiger partial charge is 0.255 e. The van der Waals surface area contributed by atoms with Gasteiger partial charge in [-0.3, -0.25) is 14.5 Å². The van der Waals surface area contributed by atoms with E-state index in [0.717, 1.165) is 17.7 Å². The van der Waals surface area contributed by atoms with Crippen molar-refractivity contribution < 1.29 is 4.79 Å². The quantitative estimate of drug-likeness (QED) is 0.890. The molecule has 0 unspecified atom stereocenters. The highest BCUT2D eigenvalue weighted by atomic mass is 35.5. The first kappa shape index (κ1) is 16.0. The van der Waals surface area contributed by atoms with E-state index >= 15 is 0 Å². The molecule has 0 spiro atoms. The lowest BCUT2D eigenvalue weighted by Crippen LogP contribution is -2.24. The summed E-state index contributed by atoms with van der Waals surface area (Å²) >= 11 is 0. The summed E-state index contributed by atoms with van der Waals surface area (Å²) in [4.78, 5) is 15.9. The van der Waals surface area contributed by atoms with Crippen LogP contribution in [0.4, 0.5) is 5.69 Å². The van der Waals surface area contributed by atoms with Crippen molar-refractivity contribution in [3.8, 4) is 0 Å². The zero-order valence-electron chi connectivity index (χ0n) is 11.5. The van der Waals surface area contributed by atoms with E-state index in [0.29, 0.717) is 17.8 Å². The van der Waals surface area contributed by atoms with Crippen LogP contribution in [-0.2, 0) is 20.0 Å². The largest absolute Gasteiger partial charge is 0.398 e. The summed E-state index contributed by atoms with van der Waals surface area (Å²) in [5.74, 6) is -0.225. The van der Waals surface area contributed by atoms with Crippen LogP contribution < -0.4 is 11.1 Å². The van der Waals surface area contributed by atoms with Crippen LogP contribution in [0, 0.1) is 0 Å². The van der Waals surface area contributed by atoms with Gasteiger partial charge in [0, 0.05) is 43.4 Å². The van der Waals surface area contributed by atoms with E-state index in [2.05, 4.69) is 15.4 Å². The Kier molecular flexibility index (Phi) is 5.52. The van der Waals surface area contributed by atoms with Crippen molar-refractivity contribution in [3.63, 3.8) is 0 Å². The third-order valence-electron chi connectivity index (χ3n) is 2.87. The Morgan fingerprint density at radius 3 is 2.90 bits per heavy atom. The number of aromatic nitrogens is 3. The van der Waals surface area contributed by atoms with Gasteiger partial charge in [-0.2, -0.15) is 5.10 Å². The van der Waals surface area contributed by atoms with E-state index in [9.17, 15) is 4.79 Å². The molecule has 0 aromatic carbocycles. The second kappa shape index (κ2) is 6.91. The molecule has 0 atom stereocenters. The number of hydrogen-bond acceptors (Lipinski definition) is 4. The number of nitrogens with zero attached hydrogens (tertiary/aromatic N) is 3. The van der Waals surface area contributed by atoms with Crippen LogP contribution in [0.3, 0.4) is 0 Å². The van der Waals surface area contributed by atoms with Gasteiger partial charge in [-0.05, 0) is 12.5 Å². The molecule has 0 aliphatic rings. The molecule has 3 N–H and O–H groups in total. The molecule has 6 nitrogen and oxygen atoms in total. The number of pyridine rings is 1. The predicted molar refractivity (Wildman–Crippen MR) is 79.7 cm³/mol. The van der Waals surface area contributed by atoms with Gasteiger partial charge < -0.3 is 11.1 Å². The highest BCUT2D eigenvalue weighted by Gasteiger charge is 2.11. The molecule has 2 aromatic rings. The van der Waals surface area contributed by atoms with Gasteiger partial charge in [0.1, 0.15) is 0 Å². The van der Waals surface area contributed by atoms with Crippen LogP contribution >= 0.6 is 12.4 Å². The van der Waals surface area contributed by atoms with Gasteiger partial charge in [0.15, 0.2) is 0 Å². The van der Waals surface area contributed by atoms with Crippen LogP contribution in [0.5, 0.6) is 0 Å². The highest BCUT2D eigenvalue weighted by molar-refractivity contribution is 5.98. The normalized spacial score (nSPS) is 9.90. The molecule has 7 heteroatoms. The van der Waals surface area contributed by atoms with Gasteiger partial charge in [0.25, 0.3) is 5.91 Å². The molecule has 108 valence electrons.